The van der Waals surface area contributed by atoms with E-state index in [1.54, 1.807) is 24.3 Å². The smallest absolute Gasteiger partial charge is 0.269 e. The monoisotopic (exact) mass is 317 g/mol. The molecule has 1 aliphatic heterocycles. The van der Waals surface area contributed by atoms with E-state index >= 15 is 0 Å². The molecular formula is C15H11NO5S. The van der Waals surface area contributed by atoms with Gasteiger partial charge in [0.05, 0.1) is 9.82 Å². The van der Waals surface area contributed by atoms with E-state index < -0.39 is 14.8 Å². The number of hydrogen-bond acceptors (Lipinski definition) is 5. The molecular weight excluding hydrogens is 306 g/mol. The Labute approximate surface area is 126 Å². The first-order chi connectivity index (χ1) is 10.5. The second-order valence-electron chi connectivity index (χ2n) is 4.76. The first-order valence-corrected chi connectivity index (χ1v) is 7.94. The van der Waals surface area contributed by atoms with Gasteiger partial charge in [-0.1, -0.05) is 12.1 Å². The molecule has 2 aromatic rings. The fourth-order valence-corrected chi connectivity index (χ4v) is 3.37. The van der Waals surface area contributed by atoms with Crippen molar-refractivity contribution < 1.29 is 18.1 Å². The lowest BCUT2D eigenvalue weighted by Gasteiger charge is -2.08. The lowest BCUT2D eigenvalue weighted by molar-refractivity contribution is -0.384. The third-order valence-electron chi connectivity index (χ3n) is 3.25. The van der Waals surface area contributed by atoms with Gasteiger partial charge in [-0.25, -0.2) is 8.42 Å². The number of nitro benzene ring substituents is 1. The van der Waals surface area contributed by atoms with E-state index in [4.69, 9.17) is 4.74 Å². The summed E-state index contributed by atoms with van der Waals surface area (Å²) in [4.78, 5) is 10.5. The van der Waals surface area contributed by atoms with E-state index in [9.17, 15) is 18.5 Å². The first-order valence-electron chi connectivity index (χ1n) is 6.39. The van der Waals surface area contributed by atoms with Crippen molar-refractivity contribution in [2.75, 3.05) is 0 Å². The van der Waals surface area contributed by atoms with Gasteiger partial charge in [0.15, 0.2) is 0 Å². The molecule has 0 amide bonds. The van der Waals surface area contributed by atoms with Gasteiger partial charge in [-0.3, -0.25) is 10.1 Å². The molecule has 0 saturated carbocycles. The van der Waals surface area contributed by atoms with Crippen molar-refractivity contribution in [2.24, 2.45) is 0 Å². The van der Waals surface area contributed by atoms with Gasteiger partial charge in [-0.2, -0.15) is 0 Å². The van der Waals surface area contributed by atoms with Crippen LogP contribution in [0.15, 0.2) is 52.8 Å². The Morgan fingerprint density at radius 2 is 1.95 bits per heavy atom. The fourth-order valence-electron chi connectivity index (χ4n) is 2.15. The highest BCUT2D eigenvalue weighted by Crippen LogP contribution is 2.30. The molecule has 0 aromatic heterocycles. The molecule has 7 heteroatoms. The maximum atomic E-state index is 11.8. The third-order valence-corrected chi connectivity index (χ3v) is 4.71. The van der Waals surface area contributed by atoms with Gasteiger partial charge in [-0.05, 0) is 35.4 Å². The van der Waals surface area contributed by atoms with Gasteiger partial charge in [0.2, 0.25) is 9.84 Å². The van der Waals surface area contributed by atoms with Gasteiger partial charge < -0.3 is 4.74 Å². The van der Waals surface area contributed by atoms with E-state index in [0.717, 1.165) is 5.41 Å². The number of ether oxygens (including phenoxy) is 1. The van der Waals surface area contributed by atoms with Crippen molar-refractivity contribution >= 4 is 21.6 Å². The fraction of sp³-hybridized carbons (Fsp3) is 0.0667. The van der Waals surface area contributed by atoms with E-state index in [-0.39, 0.29) is 17.2 Å². The molecule has 2 aromatic carbocycles. The number of sulfone groups is 1. The summed E-state index contributed by atoms with van der Waals surface area (Å²) in [6.07, 6.45) is 1.54. The molecule has 1 aliphatic rings. The van der Waals surface area contributed by atoms with E-state index in [0.29, 0.717) is 16.9 Å². The summed E-state index contributed by atoms with van der Waals surface area (Å²) in [7, 11) is -3.38. The predicted molar refractivity (Wildman–Crippen MR) is 80.1 cm³/mol. The Hall–Kier alpha value is -2.67. The van der Waals surface area contributed by atoms with Crippen molar-refractivity contribution in [3.63, 3.8) is 0 Å². The molecule has 0 bridgehead atoms. The standard InChI is InChI=1S/C15H11NO5S/c17-16(18)13-3-1-2-11(8-13)10-21-14-5-4-12-6-7-22(19,20)15(12)9-14/h1-9H,10H2. The number of rotatable bonds is 4. The van der Waals surface area contributed by atoms with Gasteiger partial charge in [0.1, 0.15) is 12.4 Å². The van der Waals surface area contributed by atoms with Crippen LogP contribution in [0.1, 0.15) is 11.1 Å². The van der Waals surface area contributed by atoms with Crippen molar-refractivity contribution in [1.82, 2.24) is 0 Å². The molecule has 0 radical (unpaired) electrons. The van der Waals surface area contributed by atoms with Crippen LogP contribution in [-0.4, -0.2) is 13.3 Å². The quantitative estimate of drug-likeness (QED) is 0.639. The Kier molecular flexibility index (Phi) is 3.42. The molecule has 6 nitrogen and oxygen atoms in total. The molecule has 1 heterocycles. The summed E-state index contributed by atoms with van der Waals surface area (Å²) in [6.45, 7) is 0.119. The molecule has 0 fully saturated rings. The Morgan fingerprint density at radius 1 is 1.14 bits per heavy atom. The summed E-state index contributed by atoms with van der Waals surface area (Å²) < 4.78 is 29.1. The van der Waals surface area contributed by atoms with E-state index in [1.165, 1.54) is 24.3 Å². The Balaban J connectivity index is 1.78. The van der Waals surface area contributed by atoms with Crippen LogP contribution in [0.2, 0.25) is 0 Å². The van der Waals surface area contributed by atoms with Gasteiger partial charge >= 0.3 is 0 Å². The molecule has 0 spiro atoms. The van der Waals surface area contributed by atoms with Gasteiger partial charge in [0, 0.05) is 17.5 Å². The number of non-ortho nitro benzene ring substituents is 1. The summed E-state index contributed by atoms with van der Waals surface area (Å²) in [5, 5.41) is 11.9. The number of nitro groups is 1. The summed E-state index contributed by atoms with van der Waals surface area (Å²) in [6, 6.07) is 10.9. The summed E-state index contributed by atoms with van der Waals surface area (Å²) in [5.74, 6) is 0.400. The molecule has 0 atom stereocenters. The van der Waals surface area contributed by atoms with Gasteiger partial charge in [-0.15, -0.1) is 0 Å². The molecule has 112 valence electrons. The number of nitrogens with zero attached hydrogens (tertiary/aromatic N) is 1. The molecule has 3 rings (SSSR count). The normalized spacial score (nSPS) is 14.5. The minimum atomic E-state index is -3.38. The molecule has 22 heavy (non-hydrogen) atoms. The average molecular weight is 317 g/mol. The Morgan fingerprint density at radius 3 is 2.73 bits per heavy atom. The van der Waals surface area contributed by atoms with E-state index in [2.05, 4.69) is 0 Å². The zero-order valence-corrected chi connectivity index (χ0v) is 12.1. The zero-order valence-electron chi connectivity index (χ0n) is 11.3. The second-order valence-corrected chi connectivity index (χ2v) is 6.57. The van der Waals surface area contributed by atoms with Gasteiger partial charge in [0.25, 0.3) is 5.69 Å². The number of fused-ring (bicyclic) bond motifs is 1. The van der Waals surface area contributed by atoms with Crippen LogP contribution in [0.5, 0.6) is 5.75 Å². The summed E-state index contributed by atoms with van der Waals surface area (Å²) >= 11 is 0. The summed E-state index contributed by atoms with van der Waals surface area (Å²) in [5.41, 5.74) is 1.25. The van der Waals surface area contributed by atoms with Crippen LogP contribution in [0, 0.1) is 10.1 Å². The van der Waals surface area contributed by atoms with Crippen LogP contribution >= 0.6 is 0 Å². The number of benzene rings is 2. The highest BCUT2D eigenvalue weighted by Gasteiger charge is 2.21. The predicted octanol–water partition coefficient (Wildman–Crippen LogP) is 2.93. The third kappa shape index (κ3) is 2.71. The number of hydrogen-bond donors (Lipinski definition) is 0. The molecule has 0 saturated heterocycles. The van der Waals surface area contributed by atoms with Crippen molar-refractivity contribution in [1.29, 1.82) is 0 Å². The molecule has 0 aliphatic carbocycles. The van der Waals surface area contributed by atoms with Crippen molar-refractivity contribution in [2.45, 2.75) is 11.5 Å². The van der Waals surface area contributed by atoms with Crippen LogP contribution in [0.4, 0.5) is 5.69 Å². The largest absolute Gasteiger partial charge is 0.489 e. The van der Waals surface area contributed by atoms with Crippen LogP contribution in [0.3, 0.4) is 0 Å². The Bertz CT molecular complexity index is 887. The van der Waals surface area contributed by atoms with Crippen LogP contribution in [0.25, 0.3) is 6.08 Å². The molecule has 0 unspecified atom stereocenters. The highest BCUT2D eigenvalue weighted by molar-refractivity contribution is 7.94. The molecule has 0 N–H and O–H groups in total. The van der Waals surface area contributed by atoms with Crippen LogP contribution in [-0.2, 0) is 16.4 Å². The van der Waals surface area contributed by atoms with E-state index in [1.807, 2.05) is 0 Å². The van der Waals surface area contributed by atoms with Crippen LogP contribution < -0.4 is 4.74 Å². The second kappa shape index (κ2) is 5.27. The minimum absolute atomic E-state index is 0.0122. The van der Waals surface area contributed by atoms with Crippen molar-refractivity contribution in [3.8, 4) is 5.75 Å². The SMILES string of the molecule is O=[N+]([O-])c1cccc(COc2ccc3c(c2)S(=O)(=O)C=C3)c1. The topological polar surface area (TPSA) is 86.5 Å². The van der Waals surface area contributed by atoms with Crippen molar-refractivity contribution in [3.05, 3.63) is 69.1 Å². The minimum Gasteiger partial charge on any atom is -0.489 e. The lowest BCUT2D eigenvalue weighted by atomic mass is 10.2. The maximum Gasteiger partial charge on any atom is 0.269 e. The lowest BCUT2D eigenvalue weighted by Crippen LogP contribution is -1.99. The maximum absolute atomic E-state index is 11.8. The average Bonchev–Trinajstić information content (AvgIpc) is 2.81. The first kappa shape index (κ1) is 14.3. The zero-order chi connectivity index (χ0) is 15.7. The highest BCUT2D eigenvalue weighted by atomic mass is 32.2.